The lowest BCUT2D eigenvalue weighted by atomic mass is 9.95. The average Bonchev–Trinajstić information content (AvgIpc) is 3.31. The van der Waals surface area contributed by atoms with Gasteiger partial charge < -0.3 is 5.32 Å². The number of amides is 2. The molecule has 0 unspecified atom stereocenters. The minimum Gasteiger partial charge on any atom is -0.325 e. The lowest BCUT2D eigenvalue weighted by Crippen LogP contribution is -2.51. The molecule has 10 heteroatoms. The van der Waals surface area contributed by atoms with Gasteiger partial charge in [-0.05, 0) is 48.7 Å². The van der Waals surface area contributed by atoms with Crippen molar-refractivity contribution in [2.24, 2.45) is 0 Å². The highest BCUT2D eigenvalue weighted by Gasteiger charge is 2.37. The Morgan fingerprint density at radius 2 is 1.81 bits per heavy atom. The first-order valence-corrected chi connectivity index (χ1v) is 12.5. The van der Waals surface area contributed by atoms with Crippen molar-refractivity contribution >= 4 is 44.0 Å². The monoisotopic (exact) mass is 470 g/mol. The zero-order chi connectivity index (χ0) is 22.7. The first-order chi connectivity index (χ1) is 15.4. The van der Waals surface area contributed by atoms with E-state index in [4.69, 9.17) is 0 Å². The van der Waals surface area contributed by atoms with Crippen LogP contribution in [0.2, 0.25) is 0 Å². The fourth-order valence-corrected chi connectivity index (χ4v) is 5.31. The number of thiazole rings is 1. The Bertz CT molecular complexity index is 1230. The molecular weight excluding hydrogens is 448 g/mol. The van der Waals surface area contributed by atoms with Gasteiger partial charge in [0.05, 0.1) is 5.75 Å². The number of aromatic nitrogens is 1. The van der Waals surface area contributed by atoms with Gasteiger partial charge in [0.1, 0.15) is 6.04 Å². The van der Waals surface area contributed by atoms with Crippen molar-refractivity contribution in [2.75, 3.05) is 16.4 Å². The molecule has 0 aliphatic carbocycles. The van der Waals surface area contributed by atoms with E-state index in [1.54, 1.807) is 42.8 Å². The SMILES string of the molecule is CCS(=O)(=O)N1Cc2ccccc2C[C@H]1C(=O)Nc1ccc(C(=O)Nc2nccs2)cc1. The first-order valence-electron chi connectivity index (χ1n) is 10.1. The van der Waals surface area contributed by atoms with Crippen LogP contribution in [-0.2, 0) is 27.8 Å². The van der Waals surface area contributed by atoms with Gasteiger partial charge in [-0.15, -0.1) is 11.3 Å². The van der Waals surface area contributed by atoms with Gasteiger partial charge in [-0.25, -0.2) is 13.4 Å². The predicted molar refractivity (Wildman–Crippen MR) is 124 cm³/mol. The number of anilines is 2. The minimum atomic E-state index is -3.58. The van der Waals surface area contributed by atoms with Crippen LogP contribution < -0.4 is 10.6 Å². The van der Waals surface area contributed by atoms with Crippen molar-refractivity contribution < 1.29 is 18.0 Å². The van der Waals surface area contributed by atoms with Crippen LogP contribution >= 0.6 is 11.3 Å². The third-order valence-electron chi connectivity index (χ3n) is 5.30. The normalized spacial score (nSPS) is 16.2. The van der Waals surface area contributed by atoms with E-state index in [-0.39, 0.29) is 18.2 Å². The van der Waals surface area contributed by atoms with Crippen molar-refractivity contribution in [3.63, 3.8) is 0 Å². The second kappa shape index (κ2) is 9.19. The van der Waals surface area contributed by atoms with Crippen LogP contribution in [0.3, 0.4) is 0 Å². The summed E-state index contributed by atoms with van der Waals surface area (Å²) in [5.41, 5.74) is 2.77. The standard InChI is InChI=1S/C22H22N4O4S2/c1-2-32(29,30)26-14-17-6-4-3-5-16(17)13-19(26)21(28)24-18-9-7-15(8-10-18)20(27)25-22-23-11-12-31-22/h3-12,19H,2,13-14H2,1H3,(H,24,28)(H,23,25,27)/t19-/m0/s1. The summed E-state index contributed by atoms with van der Waals surface area (Å²) in [7, 11) is -3.58. The van der Waals surface area contributed by atoms with Crippen LogP contribution in [0.5, 0.6) is 0 Å². The number of carbonyl (C=O) groups excluding carboxylic acids is 2. The van der Waals surface area contributed by atoms with Crippen molar-refractivity contribution in [3.8, 4) is 0 Å². The summed E-state index contributed by atoms with van der Waals surface area (Å²) in [5, 5.41) is 7.76. The third-order valence-corrected chi connectivity index (χ3v) is 7.81. The van der Waals surface area contributed by atoms with Gasteiger partial charge in [0.15, 0.2) is 5.13 Å². The summed E-state index contributed by atoms with van der Waals surface area (Å²) < 4.78 is 26.6. The maximum atomic E-state index is 13.1. The van der Waals surface area contributed by atoms with Gasteiger partial charge in [-0.3, -0.25) is 14.9 Å². The largest absolute Gasteiger partial charge is 0.325 e. The number of nitrogens with zero attached hydrogens (tertiary/aromatic N) is 2. The second-order valence-electron chi connectivity index (χ2n) is 7.29. The quantitative estimate of drug-likeness (QED) is 0.575. The number of hydrogen-bond donors (Lipinski definition) is 2. The minimum absolute atomic E-state index is 0.0815. The number of carbonyl (C=O) groups is 2. The Hall–Kier alpha value is -3.08. The molecule has 1 atom stereocenters. The van der Waals surface area contributed by atoms with Gasteiger partial charge in [0.25, 0.3) is 5.91 Å². The maximum absolute atomic E-state index is 13.1. The molecule has 1 aromatic heterocycles. The van der Waals surface area contributed by atoms with Crippen LogP contribution in [0, 0.1) is 0 Å². The molecule has 0 saturated carbocycles. The van der Waals surface area contributed by atoms with Gasteiger partial charge in [0, 0.05) is 29.4 Å². The topological polar surface area (TPSA) is 108 Å². The average molecular weight is 471 g/mol. The molecule has 0 spiro atoms. The summed E-state index contributed by atoms with van der Waals surface area (Å²) in [6.07, 6.45) is 1.90. The van der Waals surface area contributed by atoms with E-state index in [0.29, 0.717) is 22.8 Å². The Kier molecular flexibility index (Phi) is 6.35. The number of fused-ring (bicyclic) bond motifs is 1. The Labute approximate surface area is 190 Å². The molecule has 4 rings (SSSR count). The molecule has 2 aromatic carbocycles. The van der Waals surface area contributed by atoms with E-state index < -0.39 is 22.0 Å². The van der Waals surface area contributed by atoms with E-state index in [0.717, 1.165) is 11.1 Å². The predicted octanol–water partition coefficient (Wildman–Crippen LogP) is 3.11. The van der Waals surface area contributed by atoms with E-state index in [2.05, 4.69) is 15.6 Å². The van der Waals surface area contributed by atoms with Crippen LogP contribution in [0.1, 0.15) is 28.4 Å². The molecule has 2 amide bonds. The number of rotatable bonds is 6. The van der Waals surface area contributed by atoms with E-state index in [9.17, 15) is 18.0 Å². The Balaban J connectivity index is 1.50. The van der Waals surface area contributed by atoms with Crippen LogP contribution in [0.25, 0.3) is 0 Å². The molecular formula is C22H22N4O4S2. The molecule has 0 saturated heterocycles. The van der Waals surface area contributed by atoms with Crippen LogP contribution in [-0.4, -0.2) is 41.3 Å². The van der Waals surface area contributed by atoms with Crippen molar-refractivity contribution in [3.05, 3.63) is 76.8 Å². The Morgan fingerprint density at radius 1 is 1.09 bits per heavy atom. The first kappa shape index (κ1) is 22.1. The van der Waals surface area contributed by atoms with Crippen LogP contribution in [0.15, 0.2) is 60.1 Å². The van der Waals surface area contributed by atoms with Gasteiger partial charge in [0.2, 0.25) is 15.9 Å². The fraction of sp³-hybridized carbons (Fsp3) is 0.227. The number of hydrogen-bond acceptors (Lipinski definition) is 6. The zero-order valence-corrected chi connectivity index (χ0v) is 18.9. The second-order valence-corrected chi connectivity index (χ2v) is 10.4. The molecule has 2 N–H and O–H groups in total. The number of benzene rings is 2. The highest BCUT2D eigenvalue weighted by atomic mass is 32.2. The zero-order valence-electron chi connectivity index (χ0n) is 17.3. The van der Waals surface area contributed by atoms with Crippen molar-refractivity contribution in [2.45, 2.75) is 25.9 Å². The molecule has 166 valence electrons. The smallest absolute Gasteiger partial charge is 0.257 e. The molecule has 1 aliphatic heterocycles. The Morgan fingerprint density at radius 3 is 2.47 bits per heavy atom. The molecule has 1 aliphatic rings. The van der Waals surface area contributed by atoms with E-state index >= 15 is 0 Å². The molecule has 8 nitrogen and oxygen atoms in total. The summed E-state index contributed by atoms with van der Waals surface area (Å²) >= 11 is 1.32. The molecule has 0 fully saturated rings. The highest BCUT2D eigenvalue weighted by molar-refractivity contribution is 7.89. The lowest BCUT2D eigenvalue weighted by Gasteiger charge is -2.34. The van der Waals surface area contributed by atoms with E-state index in [1.165, 1.54) is 15.6 Å². The van der Waals surface area contributed by atoms with Crippen molar-refractivity contribution in [1.82, 2.24) is 9.29 Å². The van der Waals surface area contributed by atoms with Gasteiger partial charge >= 0.3 is 0 Å². The summed E-state index contributed by atoms with van der Waals surface area (Å²) in [4.78, 5) is 29.4. The third kappa shape index (κ3) is 4.72. The van der Waals surface area contributed by atoms with Crippen LogP contribution in [0.4, 0.5) is 10.8 Å². The summed E-state index contributed by atoms with van der Waals surface area (Å²) in [6, 6.07) is 13.1. The molecule has 32 heavy (non-hydrogen) atoms. The molecule has 2 heterocycles. The summed E-state index contributed by atoms with van der Waals surface area (Å²) in [5.74, 6) is -0.791. The van der Waals surface area contributed by atoms with Gasteiger partial charge in [-0.1, -0.05) is 24.3 Å². The maximum Gasteiger partial charge on any atom is 0.257 e. The molecule has 0 bridgehead atoms. The summed E-state index contributed by atoms with van der Waals surface area (Å²) in [6.45, 7) is 1.74. The van der Waals surface area contributed by atoms with Gasteiger partial charge in [-0.2, -0.15) is 4.31 Å². The van der Waals surface area contributed by atoms with E-state index in [1.807, 2.05) is 24.3 Å². The number of nitrogens with one attached hydrogen (secondary N) is 2. The highest BCUT2D eigenvalue weighted by Crippen LogP contribution is 2.27. The fourth-order valence-electron chi connectivity index (χ4n) is 3.57. The lowest BCUT2D eigenvalue weighted by molar-refractivity contribution is -0.120. The molecule has 0 radical (unpaired) electrons. The molecule has 3 aromatic rings. The number of sulfonamides is 1. The van der Waals surface area contributed by atoms with Crippen molar-refractivity contribution in [1.29, 1.82) is 0 Å².